The zero-order valence-electron chi connectivity index (χ0n) is 18.7. The van der Waals surface area contributed by atoms with E-state index < -0.39 is 22.5 Å². The summed E-state index contributed by atoms with van der Waals surface area (Å²) in [5.41, 5.74) is 2.04. The molecule has 0 aliphatic carbocycles. The van der Waals surface area contributed by atoms with Crippen molar-refractivity contribution in [2.75, 3.05) is 29.0 Å². The zero-order chi connectivity index (χ0) is 23.2. The molecule has 2 aromatic rings. The molecule has 0 heterocycles. The van der Waals surface area contributed by atoms with E-state index in [1.54, 1.807) is 36.4 Å². The van der Waals surface area contributed by atoms with Crippen LogP contribution in [0.1, 0.15) is 50.0 Å². The molecule has 0 aromatic heterocycles. The van der Waals surface area contributed by atoms with E-state index in [2.05, 4.69) is 31.4 Å². The fourth-order valence-electron chi connectivity index (χ4n) is 2.97. The lowest BCUT2D eigenvalue weighted by atomic mass is 9.87. The molecule has 0 unspecified atom stereocenters. The number of hydrogen-bond acceptors (Lipinski definition) is 4. The van der Waals surface area contributed by atoms with Gasteiger partial charge >= 0.3 is 0 Å². The summed E-state index contributed by atoms with van der Waals surface area (Å²) in [6, 6.07) is 13.7. The third-order valence-corrected chi connectivity index (χ3v) is 5.83. The van der Waals surface area contributed by atoms with E-state index in [0.717, 1.165) is 22.5 Å². The summed E-state index contributed by atoms with van der Waals surface area (Å²) in [4.78, 5) is 25.1. The molecule has 0 aliphatic rings. The number of anilines is 2. The van der Waals surface area contributed by atoms with Crippen molar-refractivity contribution < 1.29 is 18.0 Å². The Balaban J connectivity index is 2.23. The van der Waals surface area contributed by atoms with Gasteiger partial charge in [0.15, 0.2) is 0 Å². The molecule has 7 nitrogen and oxygen atoms in total. The number of hydrogen-bond donors (Lipinski definition) is 2. The average Bonchev–Trinajstić information content (AvgIpc) is 2.69. The summed E-state index contributed by atoms with van der Waals surface area (Å²) in [6.07, 6.45) is 1.85. The van der Waals surface area contributed by atoms with E-state index in [0.29, 0.717) is 23.5 Å². The number of para-hydroxylation sites is 1. The quantitative estimate of drug-likeness (QED) is 0.650. The first-order valence-electron chi connectivity index (χ1n) is 10.2. The maximum Gasteiger partial charge on any atom is 0.253 e. The van der Waals surface area contributed by atoms with Crippen molar-refractivity contribution in [3.05, 3.63) is 59.7 Å². The van der Waals surface area contributed by atoms with Crippen LogP contribution in [-0.4, -0.2) is 39.6 Å². The zero-order valence-corrected chi connectivity index (χ0v) is 19.5. The Bertz CT molecular complexity index is 1030. The third-order valence-electron chi connectivity index (χ3n) is 4.69. The molecule has 0 aliphatic heterocycles. The maximum absolute atomic E-state index is 12.7. The third kappa shape index (κ3) is 6.82. The van der Waals surface area contributed by atoms with Crippen molar-refractivity contribution in [3.8, 4) is 0 Å². The van der Waals surface area contributed by atoms with Crippen LogP contribution in [0.2, 0.25) is 0 Å². The summed E-state index contributed by atoms with van der Waals surface area (Å²) >= 11 is 0. The number of nitrogens with zero attached hydrogens (tertiary/aromatic N) is 1. The summed E-state index contributed by atoms with van der Waals surface area (Å²) in [6.45, 7) is 8.27. The standard InChI is InChI=1S/C23H31N3O4S/c1-6-15-24-22(28)19-9-7-8-10-20(19)25-21(27)16-26(31(5,29)30)18-13-11-17(12-14-18)23(2,3)4/h7-14H,6,15-16H2,1-5H3,(H,24,28)(H,25,27). The Labute approximate surface area is 184 Å². The SMILES string of the molecule is CCCNC(=O)c1ccccc1NC(=O)CN(c1ccc(C(C)(C)C)cc1)S(C)(=O)=O. The average molecular weight is 446 g/mol. The maximum atomic E-state index is 12.7. The Morgan fingerprint density at radius 3 is 2.16 bits per heavy atom. The van der Waals surface area contributed by atoms with Crippen LogP contribution in [-0.2, 0) is 20.2 Å². The van der Waals surface area contributed by atoms with Gasteiger partial charge in [-0.15, -0.1) is 0 Å². The number of carbonyl (C=O) groups is 2. The van der Waals surface area contributed by atoms with E-state index in [4.69, 9.17) is 0 Å². The monoisotopic (exact) mass is 445 g/mol. The molecule has 2 aromatic carbocycles. The van der Waals surface area contributed by atoms with Crippen LogP contribution in [0.5, 0.6) is 0 Å². The Morgan fingerprint density at radius 2 is 1.61 bits per heavy atom. The van der Waals surface area contributed by atoms with Crippen molar-refractivity contribution in [2.45, 2.75) is 39.5 Å². The highest BCUT2D eigenvalue weighted by atomic mass is 32.2. The largest absolute Gasteiger partial charge is 0.352 e. The normalized spacial score (nSPS) is 11.6. The molecular weight excluding hydrogens is 414 g/mol. The molecule has 0 radical (unpaired) electrons. The lowest BCUT2D eigenvalue weighted by Gasteiger charge is -2.24. The molecule has 2 rings (SSSR count). The van der Waals surface area contributed by atoms with Gasteiger partial charge in [-0.05, 0) is 41.7 Å². The fraction of sp³-hybridized carbons (Fsp3) is 0.391. The highest BCUT2D eigenvalue weighted by Crippen LogP contribution is 2.26. The number of nitrogens with one attached hydrogen (secondary N) is 2. The van der Waals surface area contributed by atoms with Gasteiger partial charge in [0.1, 0.15) is 6.54 Å². The molecule has 0 atom stereocenters. The molecule has 0 saturated heterocycles. The minimum atomic E-state index is -3.70. The first-order chi connectivity index (χ1) is 14.4. The van der Waals surface area contributed by atoms with Gasteiger partial charge in [-0.2, -0.15) is 0 Å². The molecule has 2 N–H and O–H groups in total. The number of rotatable bonds is 8. The van der Waals surface area contributed by atoms with Crippen molar-refractivity contribution in [3.63, 3.8) is 0 Å². The fourth-order valence-corrected chi connectivity index (χ4v) is 3.83. The Kier molecular flexibility index (Phi) is 7.84. The van der Waals surface area contributed by atoms with Crippen LogP contribution in [0.3, 0.4) is 0 Å². The molecule has 0 saturated carbocycles. The molecule has 2 amide bonds. The van der Waals surface area contributed by atoms with Crippen LogP contribution in [0.25, 0.3) is 0 Å². The van der Waals surface area contributed by atoms with Gasteiger partial charge in [0.2, 0.25) is 15.9 Å². The first-order valence-corrected chi connectivity index (χ1v) is 12.0. The molecular formula is C23H31N3O4S. The van der Waals surface area contributed by atoms with E-state index in [1.165, 1.54) is 0 Å². The van der Waals surface area contributed by atoms with Crippen LogP contribution >= 0.6 is 0 Å². The number of sulfonamides is 1. The van der Waals surface area contributed by atoms with Crippen LogP contribution < -0.4 is 14.9 Å². The van der Waals surface area contributed by atoms with Crippen LogP contribution in [0.15, 0.2) is 48.5 Å². The second kappa shape index (κ2) is 9.96. The number of carbonyl (C=O) groups excluding carboxylic acids is 2. The molecule has 8 heteroatoms. The Hall–Kier alpha value is -2.87. The van der Waals surface area contributed by atoms with Crippen molar-refractivity contribution in [1.82, 2.24) is 5.32 Å². The number of amides is 2. The van der Waals surface area contributed by atoms with Gasteiger partial charge in [-0.25, -0.2) is 8.42 Å². The molecule has 0 spiro atoms. The van der Waals surface area contributed by atoms with E-state index in [9.17, 15) is 18.0 Å². The van der Waals surface area contributed by atoms with Crippen molar-refractivity contribution in [1.29, 1.82) is 0 Å². The number of benzene rings is 2. The highest BCUT2D eigenvalue weighted by Gasteiger charge is 2.23. The van der Waals surface area contributed by atoms with Gasteiger partial charge in [0, 0.05) is 6.54 Å². The predicted octanol–water partition coefficient (Wildman–Crippen LogP) is 3.53. The van der Waals surface area contributed by atoms with Gasteiger partial charge in [0.25, 0.3) is 5.91 Å². The molecule has 0 bridgehead atoms. The highest BCUT2D eigenvalue weighted by molar-refractivity contribution is 7.92. The van der Waals surface area contributed by atoms with Gasteiger partial charge in [-0.1, -0.05) is 52.0 Å². The smallest absolute Gasteiger partial charge is 0.253 e. The summed E-state index contributed by atoms with van der Waals surface area (Å²) in [5.74, 6) is -0.837. The van der Waals surface area contributed by atoms with E-state index in [-0.39, 0.29) is 11.3 Å². The summed E-state index contributed by atoms with van der Waals surface area (Å²) in [5, 5.41) is 5.44. The second-order valence-corrected chi connectivity index (χ2v) is 10.3. The van der Waals surface area contributed by atoms with Crippen molar-refractivity contribution >= 4 is 33.2 Å². The van der Waals surface area contributed by atoms with Crippen LogP contribution in [0.4, 0.5) is 11.4 Å². The molecule has 168 valence electrons. The van der Waals surface area contributed by atoms with Crippen molar-refractivity contribution in [2.24, 2.45) is 0 Å². The van der Waals surface area contributed by atoms with Crippen LogP contribution in [0, 0.1) is 0 Å². The van der Waals surface area contributed by atoms with Gasteiger partial charge in [-0.3, -0.25) is 13.9 Å². The predicted molar refractivity (Wildman–Crippen MR) is 125 cm³/mol. The van der Waals surface area contributed by atoms with Gasteiger partial charge in [0.05, 0.1) is 23.2 Å². The first kappa shape index (κ1) is 24.4. The minimum absolute atomic E-state index is 0.0755. The topological polar surface area (TPSA) is 95.6 Å². The van der Waals surface area contributed by atoms with E-state index >= 15 is 0 Å². The second-order valence-electron chi connectivity index (χ2n) is 8.42. The van der Waals surface area contributed by atoms with Gasteiger partial charge < -0.3 is 10.6 Å². The lowest BCUT2D eigenvalue weighted by molar-refractivity contribution is -0.114. The minimum Gasteiger partial charge on any atom is -0.352 e. The molecule has 31 heavy (non-hydrogen) atoms. The summed E-state index contributed by atoms with van der Waals surface area (Å²) in [7, 11) is -3.70. The lowest BCUT2D eigenvalue weighted by Crippen LogP contribution is -2.37. The Morgan fingerprint density at radius 1 is 1.00 bits per heavy atom. The summed E-state index contributed by atoms with van der Waals surface area (Å²) < 4.78 is 25.8. The molecule has 0 fully saturated rings. The van der Waals surface area contributed by atoms with E-state index in [1.807, 2.05) is 19.1 Å².